The Morgan fingerprint density at radius 1 is 1.62 bits per heavy atom. The van der Waals surface area contributed by atoms with Crippen molar-refractivity contribution in [3.63, 3.8) is 0 Å². The summed E-state index contributed by atoms with van der Waals surface area (Å²) < 4.78 is 13.5. The summed E-state index contributed by atoms with van der Waals surface area (Å²) in [6.07, 6.45) is 2.05. The van der Waals surface area contributed by atoms with Gasteiger partial charge in [0.25, 0.3) is 5.69 Å². The normalized spacial score (nSPS) is 18.2. The van der Waals surface area contributed by atoms with E-state index >= 15 is 0 Å². The smallest absolute Gasteiger partial charge is 0.258 e. The Morgan fingerprint density at radius 2 is 2.31 bits per heavy atom. The van der Waals surface area contributed by atoms with Gasteiger partial charge in [0.2, 0.25) is 0 Å². The quantitative estimate of drug-likeness (QED) is 0.518. The van der Waals surface area contributed by atoms with Gasteiger partial charge in [-0.15, -0.1) is 0 Å². The van der Waals surface area contributed by atoms with Crippen LogP contribution in [0.2, 0.25) is 0 Å². The van der Waals surface area contributed by atoms with E-state index in [0.717, 1.165) is 0 Å². The van der Waals surface area contributed by atoms with Crippen molar-refractivity contribution >= 4 is 5.69 Å². The predicted molar refractivity (Wildman–Crippen MR) is 42.9 cm³/mol. The minimum Gasteiger partial charge on any atom is -0.258 e. The van der Waals surface area contributed by atoms with Crippen molar-refractivity contribution in [3.05, 3.63) is 34.1 Å². The van der Waals surface area contributed by atoms with Crippen LogP contribution in [0.25, 0.3) is 0 Å². The molecule has 0 aromatic carbocycles. The molecule has 1 aliphatic rings. The van der Waals surface area contributed by atoms with E-state index in [4.69, 9.17) is 0 Å². The molecule has 1 fully saturated rings. The minimum atomic E-state index is -1.54. The molecule has 0 amide bonds. The highest BCUT2D eigenvalue weighted by atomic mass is 19.1. The van der Waals surface area contributed by atoms with Crippen molar-refractivity contribution in [2.45, 2.75) is 18.5 Å². The third-order valence-electron chi connectivity index (χ3n) is 2.10. The lowest BCUT2D eigenvalue weighted by atomic mass is 10.2. The summed E-state index contributed by atoms with van der Waals surface area (Å²) in [7, 11) is 0. The second-order valence-electron chi connectivity index (χ2n) is 3.09. The minimum absolute atomic E-state index is 0.0278. The van der Waals surface area contributed by atoms with Gasteiger partial charge >= 0.3 is 0 Å². The van der Waals surface area contributed by atoms with Gasteiger partial charge in [0.15, 0.2) is 11.4 Å². The average Bonchev–Trinajstić information content (AvgIpc) is 2.85. The lowest BCUT2D eigenvalue weighted by Crippen LogP contribution is -2.05. The maximum absolute atomic E-state index is 13.5. The molecular formula is C8H7FN2O2. The Labute approximate surface area is 73.6 Å². The zero-order valence-corrected chi connectivity index (χ0v) is 6.74. The van der Waals surface area contributed by atoms with Gasteiger partial charge in [-0.3, -0.25) is 15.1 Å². The van der Waals surface area contributed by atoms with E-state index in [9.17, 15) is 14.5 Å². The predicted octanol–water partition coefficient (Wildman–Crippen LogP) is 1.95. The lowest BCUT2D eigenvalue weighted by molar-refractivity contribution is -0.386. The molecule has 0 radical (unpaired) electrons. The molecule has 1 heterocycles. The molecular weight excluding hydrogens is 175 g/mol. The number of hydrogen-bond donors (Lipinski definition) is 0. The van der Waals surface area contributed by atoms with E-state index in [-0.39, 0.29) is 11.4 Å². The molecule has 1 saturated carbocycles. The molecule has 0 atom stereocenters. The number of nitrogens with zero attached hydrogens (tertiary/aromatic N) is 2. The van der Waals surface area contributed by atoms with Crippen LogP contribution in [-0.4, -0.2) is 9.91 Å². The first-order valence-electron chi connectivity index (χ1n) is 3.92. The average molecular weight is 182 g/mol. The molecule has 4 nitrogen and oxygen atoms in total. The van der Waals surface area contributed by atoms with Gasteiger partial charge in [-0.25, -0.2) is 4.39 Å². The zero-order chi connectivity index (χ0) is 9.47. The summed E-state index contributed by atoms with van der Waals surface area (Å²) in [5, 5.41) is 10.5. The highest BCUT2D eigenvalue weighted by Gasteiger charge is 2.50. The van der Waals surface area contributed by atoms with Crippen LogP contribution in [0.5, 0.6) is 0 Å². The van der Waals surface area contributed by atoms with E-state index in [0.29, 0.717) is 12.8 Å². The van der Waals surface area contributed by atoms with Gasteiger partial charge in [0, 0.05) is 12.3 Å². The van der Waals surface area contributed by atoms with Gasteiger partial charge in [0.1, 0.15) is 0 Å². The summed E-state index contributed by atoms with van der Waals surface area (Å²) in [6, 6.07) is 2.72. The van der Waals surface area contributed by atoms with Crippen molar-refractivity contribution in [1.82, 2.24) is 4.98 Å². The Morgan fingerprint density at radius 3 is 2.85 bits per heavy atom. The number of halogens is 1. The number of alkyl halides is 1. The second kappa shape index (κ2) is 2.48. The third-order valence-corrected chi connectivity index (χ3v) is 2.10. The van der Waals surface area contributed by atoms with Crippen LogP contribution in [0.15, 0.2) is 18.3 Å². The molecule has 0 N–H and O–H groups in total. The summed E-state index contributed by atoms with van der Waals surface area (Å²) in [5.74, 6) is 0. The molecule has 0 spiro atoms. The van der Waals surface area contributed by atoms with Gasteiger partial charge in [-0.1, -0.05) is 0 Å². The SMILES string of the molecule is O=[N+]([O-])c1cccnc1C1(F)CC1. The maximum atomic E-state index is 13.5. The number of rotatable bonds is 2. The molecule has 5 heteroatoms. The summed E-state index contributed by atoms with van der Waals surface area (Å²) in [5.41, 5.74) is -1.79. The molecule has 0 unspecified atom stereocenters. The largest absolute Gasteiger partial charge is 0.294 e. The number of nitro groups is 1. The van der Waals surface area contributed by atoms with Crippen LogP contribution < -0.4 is 0 Å². The van der Waals surface area contributed by atoms with Gasteiger partial charge in [-0.05, 0) is 18.9 Å². The fourth-order valence-electron chi connectivity index (χ4n) is 1.24. The Hall–Kier alpha value is -1.52. The van der Waals surface area contributed by atoms with Crippen molar-refractivity contribution in [2.24, 2.45) is 0 Å². The molecule has 0 saturated heterocycles. The van der Waals surface area contributed by atoms with Crippen LogP contribution in [-0.2, 0) is 5.67 Å². The maximum Gasteiger partial charge on any atom is 0.294 e. The summed E-state index contributed by atoms with van der Waals surface area (Å²) in [6.45, 7) is 0. The fraction of sp³-hybridized carbons (Fsp3) is 0.375. The summed E-state index contributed by atoms with van der Waals surface area (Å²) in [4.78, 5) is 13.6. The highest BCUT2D eigenvalue weighted by Crippen LogP contribution is 2.51. The molecule has 1 aliphatic carbocycles. The first kappa shape index (κ1) is 8.10. The number of hydrogen-bond acceptors (Lipinski definition) is 3. The molecule has 13 heavy (non-hydrogen) atoms. The van der Waals surface area contributed by atoms with Gasteiger partial charge in [0.05, 0.1) is 4.92 Å². The number of aromatic nitrogens is 1. The lowest BCUT2D eigenvalue weighted by Gasteiger charge is -2.03. The molecule has 1 aromatic rings. The van der Waals surface area contributed by atoms with Crippen LogP contribution >= 0.6 is 0 Å². The van der Waals surface area contributed by atoms with E-state index < -0.39 is 10.6 Å². The molecule has 2 rings (SSSR count). The molecule has 68 valence electrons. The first-order chi connectivity index (χ1) is 6.13. The van der Waals surface area contributed by atoms with Crippen LogP contribution in [0.1, 0.15) is 18.5 Å². The van der Waals surface area contributed by atoms with Crippen LogP contribution in [0.4, 0.5) is 10.1 Å². The topological polar surface area (TPSA) is 56.0 Å². The second-order valence-corrected chi connectivity index (χ2v) is 3.09. The third kappa shape index (κ3) is 1.26. The van der Waals surface area contributed by atoms with E-state index in [2.05, 4.69) is 4.98 Å². The Kier molecular flexibility index (Phi) is 1.55. The van der Waals surface area contributed by atoms with E-state index in [1.54, 1.807) is 0 Å². The Balaban J connectivity index is 2.50. The highest BCUT2D eigenvalue weighted by molar-refractivity contribution is 5.40. The zero-order valence-electron chi connectivity index (χ0n) is 6.74. The molecule has 0 aliphatic heterocycles. The number of pyridine rings is 1. The van der Waals surface area contributed by atoms with Crippen LogP contribution in [0.3, 0.4) is 0 Å². The molecule has 0 bridgehead atoms. The molecule has 1 aromatic heterocycles. The van der Waals surface area contributed by atoms with Crippen LogP contribution in [0, 0.1) is 10.1 Å². The van der Waals surface area contributed by atoms with E-state index in [1.807, 2.05) is 0 Å². The first-order valence-corrected chi connectivity index (χ1v) is 3.92. The van der Waals surface area contributed by atoms with Gasteiger partial charge in [-0.2, -0.15) is 0 Å². The van der Waals surface area contributed by atoms with Crippen molar-refractivity contribution in [1.29, 1.82) is 0 Å². The monoisotopic (exact) mass is 182 g/mol. The van der Waals surface area contributed by atoms with Gasteiger partial charge < -0.3 is 0 Å². The van der Waals surface area contributed by atoms with E-state index in [1.165, 1.54) is 18.3 Å². The summed E-state index contributed by atoms with van der Waals surface area (Å²) >= 11 is 0. The standard InChI is InChI=1S/C8H7FN2O2/c9-8(3-4-8)7-6(11(12)13)2-1-5-10-7/h1-2,5H,3-4H2. The van der Waals surface area contributed by atoms with Crippen molar-refractivity contribution in [3.8, 4) is 0 Å². The fourth-order valence-corrected chi connectivity index (χ4v) is 1.24. The van der Waals surface area contributed by atoms with Crippen molar-refractivity contribution < 1.29 is 9.31 Å². The Bertz CT molecular complexity index is 363. The van der Waals surface area contributed by atoms with Crippen molar-refractivity contribution in [2.75, 3.05) is 0 Å².